The molecule has 0 amide bonds. The van der Waals surface area contributed by atoms with Crippen LogP contribution in [0.4, 0.5) is 0 Å². The average Bonchev–Trinajstić information content (AvgIpc) is 2.10. The molecule has 1 unspecified atom stereocenters. The Kier molecular flexibility index (Phi) is 5.74. The van der Waals surface area contributed by atoms with Crippen molar-refractivity contribution in [2.24, 2.45) is 4.99 Å². The van der Waals surface area contributed by atoms with Gasteiger partial charge in [-0.25, -0.2) is 9.79 Å². The lowest BCUT2D eigenvalue weighted by atomic mass is 10.2. The van der Waals surface area contributed by atoms with Gasteiger partial charge in [0.1, 0.15) is 0 Å². The standard InChI is InChI=1S/C11H21NO4Si/c1-11(2,3)17(4,5)16-9(6-10(14)15)7-12-8-13/h9H,6-7H2,1-5H3,(H,14,15). The second-order valence-corrected chi connectivity index (χ2v) is 10.3. The average molecular weight is 259 g/mol. The van der Waals surface area contributed by atoms with E-state index < -0.39 is 20.4 Å². The number of carbonyl (C=O) groups is 1. The summed E-state index contributed by atoms with van der Waals surface area (Å²) in [6.07, 6.45) is 0.726. The highest BCUT2D eigenvalue weighted by Crippen LogP contribution is 2.37. The van der Waals surface area contributed by atoms with Crippen molar-refractivity contribution < 1.29 is 19.1 Å². The smallest absolute Gasteiger partial charge is 0.306 e. The third-order valence-corrected chi connectivity index (χ3v) is 7.56. The predicted molar refractivity (Wildman–Crippen MR) is 67.3 cm³/mol. The van der Waals surface area contributed by atoms with Crippen LogP contribution in [0, 0.1) is 0 Å². The van der Waals surface area contributed by atoms with Crippen LogP contribution >= 0.6 is 0 Å². The first-order valence-electron chi connectivity index (χ1n) is 5.53. The fourth-order valence-electron chi connectivity index (χ4n) is 1.07. The molecule has 0 heterocycles. The van der Waals surface area contributed by atoms with Gasteiger partial charge in [0.15, 0.2) is 8.32 Å². The van der Waals surface area contributed by atoms with Gasteiger partial charge >= 0.3 is 5.97 Å². The normalized spacial score (nSPS) is 13.9. The molecular formula is C11H21NO4Si. The van der Waals surface area contributed by atoms with Gasteiger partial charge < -0.3 is 9.53 Å². The molecule has 6 heteroatoms. The molecule has 0 saturated heterocycles. The van der Waals surface area contributed by atoms with Crippen LogP contribution in [0.1, 0.15) is 27.2 Å². The first-order chi connectivity index (χ1) is 7.60. The summed E-state index contributed by atoms with van der Waals surface area (Å²) in [5.41, 5.74) is 0. The fourth-order valence-corrected chi connectivity index (χ4v) is 2.42. The first-order valence-corrected chi connectivity index (χ1v) is 8.44. The lowest BCUT2D eigenvalue weighted by molar-refractivity contribution is -0.138. The Balaban J connectivity index is 4.72. The van der Waals surface area contributed by atoms with Crippen LogP contribution < -0.4 is 0 Å². The highest BCUT2D eigenvalue weighted by Gasteiger charge is 2.39. The molecule has 0 aliphatic heterocycles. The maximum absolute atomic E-state index is 10.7. The molecule has 0 rings (SSSR count). The monoisotopic (exact) mass is 259 g/mol. The topological polar surface area (TPSA) is 76.0 Å². The highest BCUT2D eigenvalue weighted by molar-refractivity contribution is 6.74. The summed E-state index contributed by atoms with van der Waals surface area (Å²) < 4.78 is 5.90. The van der Waals surface area contributed by atoms with Gasteiger partial charge in [0.2, 0.25) is 6.08 Å². The number of hydrogen-bond donors (Lipinski definition) is 1. The zero-order chi connectivity index (χ0) is 13.7. The number of carbonyl (C=O) groups excluding carboxylic acids is 1. The summed E-state index contributed by atoms with van der Waals surface area (Å²) in [6.45, 7) is 10.3. The number of rotatable bonds is 6. The maximum Gasteiger partial charge on any atom is 0.306 e. The molecule has 0 aromatic carbocycles. The van der Waals surface area contributed by atoms with Crippen molar-refractivity contribution in [3.05, 3.63) is 0 Å². The van der Waals surface area contributed by atoms with Crippen molar-refractivity contribution in [2.45, 2.75) is 51.4 Å². The first kappa shape index (κ1) is 16.0. The summed E-state index contributed by atoms with van der Waals surface area (Å²) in [5.74, 6) is -0.949. The summed E-state index contributed by atoms with van der Waals surface area (Å²) in [5, 5.41) is 8.77. The van der Waals surface area contributed by atoms with Crippen molar-refractivity contribution in [2.75, 3.05) is 6.54 Å². The minimum absolute atomic E-state index is 0.00531. The lowest BCUT2D eigenvalue weighted by Gasteiger charge is -2.38. The van der Waals surface area contributed by atoms with E-state index in [1.165, 1.54) is 6.08 Å². The Bertz CT molecular complexity index is 312. The molecule has 0 radical (unpaired) electrons. The van der Waals surface area contributed by atoms with Crippen molar-refractivity contribution >= 4 is 20.4 Å². The molecule has 0 spiro atoms. The Morgan fingerprint density at radius 2 is 2.00 bits per heavy atom. The van der Waals surface area contributed by atoms with E-state index >= 15 is 0 Å². The third-order valence-electron chi connectivity index (χ3n) is 3.03. The molecule has 1 atom stereocenters. The molecule has 5 nitrogen and oxygen atoms in total. The van der Waals surface area contributed by atoms with Crippen molar-refractivity contribution in [3.8, 4) is 0 Å². The maximum atomic E-state index is 10.7. The Hall–Kier alpha value is -0.973. The zero-order valence-corrected chi connectivity index (χ0v) is 12.1. The molecule has 0 aromatic rings. The molecular weight excluding hydrogens is 238 g/mol. The Labute approximate surface area is 103 Å². The zero-order valence-electron chi connectivity index (χ0n) is 11.1. The number of carboxylic acid groups (broad SMARTS) is 1. The number of aliphatic imine (C=N–C) groups is 1. The van der Waals surface area contributed by atoms with Crippen LogP contribution in [0.15, 0.2) is 4.99 Å². The van der Waals surface area contributed by atoms with E-state index in [1.807, 2.05) is 13.1 Å². The van der Waals surface area contributed by atoms with E-state index in [-0.39, 0.29) is 18.0 Å². The van der Waals surface area contributed by atoms with E-state index in [9.17, 15) is 9.59 Å². The predicted octanol–water partition coefficient (Wildman–Crippen LogP) is 2.19. The minimum Gasteiger partial charge on any atom is -0.481 e. The molecule has 0 saturated carbocycles. The van der Waals surface area contributed by atoms with Crippen LogP contribution in [0.25, 0.3) is 0 Å². The summed E-state index contributed by atoms with van der Waals surface area (Å²) in [7, 11) is -2.04. The van der Waals surface area contributed by atoms with Crippen molar-refractivity contribution in [1.82, 2.24) is 0 Å². The highest BCUT2D eigenvalue weighted by atomic mass is 28.4. The van der Waals surface area contributed by atoms with Gasteiger partial charge in [0.05, 0.1) is 19.1 Å². The lowest BCUT2D eigenvalue weighted by Crippen LogP contribution is -2.45. The summed E-state index contributed by atoms with van der Waals surface area (Å²) >= 11 is 0. The van der Waals surface area contributed by atoms with Gasteiger partial charge in [-0.05, 0) is 18.1 Å². The quantitative estimate of drug-likeness (QED) is 0.450. The molecule has 0 aliphatic carbocycles. The number of carboxylic acids is 1. The Morgan fingerprint density at radius 3 is 2.35 bits per heavy atom. The van der Waals surface area contributed by atoms with Crippen LogP contribution in [0.3, 0.4) is 0 Å². The molecule has 0 aromatic heterocycles. The van der Waals surface area contributed by atoms with E-state index in [0.717, 1.165) is 0 Å². The van der Waals surface area contributed by atoms with E-state index in [2.05, 4.69) is 25.8 Å². The largest absolute Gasteiger partial charge is 0.481 e. The van der Waals surface area contributed by atoms with Gasteiger partial charge in [-0.15, -0.1) is 0 Å². The van der Waals surface area contributed by atoms with Crippen LogP contribution in [-0.2, 0) is 14.0 Å². The molecule has 98 valence electrons. The summed E-state index contributed by atoms with van der Waals surface area (Å²) in [4.78, 5) is 24.2. The Morgan fingerprint density at radius 1 is 1.47 bits per heavy atom. The number of aliphatic carboxylic acids is 1. The minimum atomic E-state index is -2.04. The van der Waals surface area contributed by atoms with Crippen LogP contribution in [-0.4, -0.2) is 38.1 Å². The van der Waals surface area contributed by atoms with Gasteiger partial charge in [0.25, 0.3) is 0 Å². The third kappa shape index (κ3) is 5.77. The van der Waals surface area contributed by atoms with Gasteiger partial charge in [-0.1, -0.05) is 20.8 Å². The van der Waals surface area contributed by atoms with E-state index in [0.29, 0.717) is 0 Å². The van der Waals surface area contributed by atoms with Gasteiger partial charge in [0, 0.05) is 0 Å². The van der Waals surface area contributed by atoms with E-state index in [1.54, 1.807) is 0 Å². The van der Waals surface area contributed by atoms with Crippen LogP contribution in [0.5, 0.6) is 0 Å². The van der Waals surface area contributed by atoms with Crippen molar-refractivity contribution in [3.63, 3.8) is 0 Å². The van der Waals surface area contributed by atoms with Crippen LogP contribution in [0.2, 0.25) is 18.1 Å². The summed E-state index contributed by atoms with van der Waals surface area (Å²) in [6, 6.07) is 0. The number of hydrogen-bond acceptors (Lipinski definition) is 4. The van der Waals surface area contributed by atoms with E-state index in [4.69, 9.17) is 9.53 Å². The molecule has 0 bridgehead atoms. The number of isocyanates is 1. The van der Waals surface area contributed by atoms with Gasteiger partial charge in [-0.3, -0.25) is 4.79 Å². The SMILES string of the molecule is CC(C)(C)[Si](C)(C)OC(CN=C=O)CC(=O)O. The second kappa shape index (κ2) is 6.09. The molecule has 0 aliphatic rings. The van der Waals surface area contributed by atoms with Gasteiger partial charge in [-0.2, -0.15) is 0 Å². The number of nitrogens with zero attached hydrogens (tertiary/aromatic N) is 1. The molecule has 17 heavy (non-hydrogen) atoms. The van der Waals surface area contributed by atoms with Crippen molar-refractivity contribution in [1.29, 1.82) is 0 Å². The molecule has 1 N–H and O–H groups in total. The molecule has 0 fully saturated rings. The fraction of sp³-hybridized carbons (Fsp3) is 0.818. The second-order valence-electron chi connectivity index (χ2n) is 5.53.